The second-order valence-corrected chi connectivity index (χ2v) is 6.40. The summed E-state index contributed by atoms with van der Waals surface area (Å²) in [4.78, 5) is 27.7. The number of primary amides is 1. The first kappa shape index (κ1) is 18.0. The predicted molar refractivity (Wildman–Crippen MR) is 90.6 cm³/mol. The van der Waals surface area contributed by atoms with Gasteiger partial charge in [-0.25, -0.2) is 0 Å². The summed E-state index contributed by atoms with van der Waals surface area (Å²) in [5.41, 5.74) is 7.02. The number of piperidine rings is 1. The van der Waals surface area contributed by atoms with Crippen molar-refractivity contribution in [1.29, 1.82) is 5.26 Å². The van der Waals surface area contributed by atoms with Gasteiger partial charge in [-0.15, -0.1) is 0 Å². The van der Waals surface area contributed by atoms with Crippen molar-refractivity contribution in [2.24, 2.45) is 11.7 Å². The van der Waals surface area contributed by atoms with Crippen LogP contribution in [0.4, 0.5) is 0 Å². The summed E-state index contributed by atoms with van der Waals surface area (Å²) >= 11 is 0. The van der Waals surface area contributed by atoms with Gasteiger partial charge >= 0.3 is 0 Å². The number of likely N-dealkylation sites (tertiary alicyclic amines) is 1. The Labute approximate surface area is 142 Å². The van der Waals surface area contributed by atoms with Crippen LogP contribution >= 0.6 is 0 Å². The van der Waals surface area contributed by atoms with Crippen LogP contribution in [0.2, 0.25) is 0 Å². The molecule has 2 amide bonds. The van der Waals surface area contributed by atoms with E-state index in [1.807, 2.05) is 35.9 Å². The molecular weight excluding hydrogens is 304 g/mol. The predicted octanol–water partition coefficient (Wildman–Crippen LogP) is 1.10. The average molecular weight is 328 g/mol. The van der Waals surface area contributed by atoms with Crippen LogP contribution in [0.15, 0.2) is 24.3 Å². The van der Waals surface area contributed by atoms with Crippen LogP contribution in [0.1, 0.15) is 30.9 Å². The standard InChI is InChI=1S/C18H24N4O2/c1-13(18(24)22-9-7-16(8-10-22)17(20)23)21(2)12-15-5-3-14(11-19)4-6-15/h3-6,13,16H,7-10,12H2,1-2H3,(H2,20,23). The van der Waals surface area contributed by atoms with Crippen molar-refractivity contribution in [1.82, 2.24) is 9.80 Å². The number of carbonyl (C=O) groups is 2. The molecule has 1 atom stereocenters. The van der Waals surface area contributed by atoms with Crippen molar-refractivity contribution in [3.05, 3.63) is 35.4 Å². The highest BCUT2D eigenvalue weighted by molar-refractivity contribution is 5.82. The van der Waals surface area contributed by atoms with Crippen LogP contribution < -0.4 is 5.73 Å². The van der Waals surface area contributed by atoms with Gasteiger partial charge in [-0.05, 0) is 44.5 Å². The van der Waals surface area contributed by atoms with Crippen molar-refractivity contribution in [3.63, 3.8) is 0 Å². The van der Waals surface area contributed by atoms with Crippen LogP contribution in [-0.2, 0) is 16.1 Å². The third-order valence-corrected chi connectivity index (χ3v) is 4.74. The van der Waals surface area contributed by atoms with Crippen LogP contribution in [0, 0.1) is 17.2 Å². The molecule has 0 aromatic heterocycles. The molecule has 2 N–H and O–H groups in total. The molecule has 0 aliphatic carbocycles. The van der Waals surface area contributed by atoms with Gasteiger partial charge in [-0.2, -0.15) is 5.26 Å². The van der Waals surface area contributed by atoms with Gasteiger partial charge in [0.2, 0.25) is 11.8 Å². The summed E-state index contributed by atoms with van der Waals surface area (Å²) < 4.78 is 0. The molecule has 0 spiro atoms. The van der Waals surface area contributed by atoms with Gasteiger partial charge in [0, 0.05) is 25.6 Å². The smallest absolute Gasteiger partial charge is 0.239 e. The van der Waals surface area contributed by atoms with Gasteiger partial charge in [0.15, 0.2) is 0 Å². The average Bonchev–Trinajstić information content (AvgIpc) is 2.61. The Morgan fingerprint density at radius 3 is 2.42 bits per heavy atom. The Bertz CT molecular complexity index is 627. The fourth-order valence-corrected chi connectivity index (χ4v) is 2.95. The molecule has 0 bridgehead atoms. The number of carbonyl (C=O) groups excluding carboxylic acids is 2. The molecule has 1 heterocycles. The first-order valence-corrected chi connectivity index (χ1v) is 8.19. The molecule has 1 fully saturated rings. The molecule has 128 valence electrons. The van der Waals surface area contributed by atoms with E-state index >= 15 is 0 Å². The van der Waals surface area contributed by atoms with E-state index in [0.29, 0.717) is 38.0 Å². The van der Waals surface area contributed by atoms with E-state index in [1.165, 1.54) is 0 Å². The zero-order valence-corrected chi connectivity index (χ0v) is 14.2. The fourth-order valence-electron chi connectivity index (χ4n) is 2.95. The second-order valence-electron chi connectivity index (χ2n) is 6.40. The van der Waals surface area contributed by atoms with Gasteiger partial charge in [-0.3, -0.25) is 14.5 Å². The molecule has 1 aliphatic rings. The van der Waals surface area contributed by atoms with Crippen LogP contribution in [0.3, 0.4) is 0 Å². The number of likely N-dealkylation sites (N-methyl/N-ethyl adjacent to an activating group) is 1. The van der Waals surface area contributed by atoms with Gasteiger partial charge in [0.05, 0.1) is 17.7 Å². The minimum absolute atomic E-state index is 0.0778. The van der Waals surface area contributed by atoms with Crippen LogP contribution in [0.5, 0.6) is 0 Å². The quantitative estimate of drug-likeness (QED) is 0.876. The molecule has 1 aromatic carbocycles. The Balaban J connectivity index is 1.90. The van der Waals surface area contributed by atoms with Gasteiger partial charge in [0.1, 0.15) is 0 Å². The molecule has 24 heavy (non-hydrogen) atoms. The van der Waals surface area contributed by atoms with Gasteiger partial charge in [-0.1, -0.05) is 12.1 Å². The van der Waals surface area contributed by atoms with Gasteiger partial charge in [0.25, 0.3) is 0 Å². The molecular formula is C18H24N4O2. The Hall–Kier alpha value is -2.39. The maximum Gasteiger partial charge on any atom is 0.239 e. The SMILES string of the molecule is CC(C(=O)N1CCC(C(N)=O)CC1)N(C)Cc1ccc(C#N)cc1. The number of amides is 2. The van der Waals surface area contributed by atoms with Gasteiger partial charge < -0.3 is 10.6 Å². The van der Waals surface area contributed by atoms with E-state index in [1.54, 1.807) is 12.1 Å². The second kappa shape index (κ2) is 7.93. The molecule has 1 aromatic rings. The van der Waals surface area contributed by atoms with E-state index in [9.17, 15) is 9.59 Å². The molecule has 1 saturated heterocycles. The lowest BCUT2D eigenvalue weighted by molar-refractivity contribution is -0.139. The number of rotatable bonds is 5. The summed E-state index contributed by atoms with van der Waals surface area (Å²) in [5.74, 6) is -0.303. The summed E-state index contributed by atoms with van der Waals surface area (Å²) in [6.45, 7) is 3.70. The molecule has 6 heteroatoms. The van der Waals surface area contributed by atoms with Crippen molar-refractivity contribution in [3.8, 4) is 6.07 Å². The lowest BCUT2D eigenvalue weighted by Crippen LogP contribution is -2.49. The number of hydrogen-bond acceptors (Lipinski definition) is 4. The summed E-state index contributed by atoms with van der Waals surface area (Å²) in [6, 6.07) is 9.23. The Morgan fingerprint density at radius 1 is 1.33 bits per heavy atom. The highest BCUT2D eigenvalue weighted by atomic mass is 16.2. The third-order valence-electron chi connectivity index (χ3n) is 4.74. The monoisotopic (exact) mass is 328 g/mol. The number of nitrogens with two attached hydrogens (primary N) is 1. The highest BCUT2D eigenvalue weighted by Crippen LogP contribution is 2.18. The van der Waals surface area contributed by atoms with E-state index in [2.05, 4.69) is 6.07 Å². The van der Waals surface area contributed by atoms with Crippen molar-refractivity contribution in [2.75, 3.05) is 20.1 Å². The fraction of sp³-hybridized carbons (Fsp3) is 0.500. The minimum atomic E-state index is -0.270. The maximum atomic E-state index is 12.6. The van der Waals surface area contributed by atoms with Crippen molar-refractivity contribution >= 4 is 11.8 Å². The molecule has 0 radical (unpaired) electrons. The maximum absolute atomic E-state index is 12.6. The lowest BCUT2D eigenvalue weighted by atomic mass is 9.96. The topological polar surface area (TPSA) is 90.4 Å². The Kier molecular flexibility index (Phi) is 5.93. The lowest BCUT2D eigenvalue weighted by Gasteiger charge is -2.34. The normalized spacial score (nSPS) is 16.7. The number of nitrogens with zero attached hydrogens (tertiary/aromatic N) is 3. The summed E-state index contributed by atoms with van der Waals surface area (Å²) in [5, 5.41) is 8.83. The first-order chi connectivity index (χ1) is 11.4. The molecule has 1 unspecified atom stereocenters. The Morgan fingerprint density at radius 2 is 1.92 bits per heavy atom. The summed E-state index contributed by atoms with van der Waals surface area (Å²) in [7, 11) is 1.91. The molecule has 6 nitrogen and oxygen atoms in total. The number of nitriles is 1. The minimum Gasteiger partial charge on any atom is -0.369 e. The van der Waals surface area contributed by atoms with E-state index in [0.717, 1.165) is 5.56 Å². The zero-order valence-electron chi connectivity index (χ0n) is 14.2. The van der Waals surface area contributed by atoms with E-state index in [-0.39, 0.29) is 23.8 Å². The molecule has 1 aliphatic heterocycles. The zero-order chi connectivity index (χ0) is 17.7. The van der Waals surface area contributed by atoms with Crippen molar-refractivity contribution < 1.29 is 9.59 Å². The third kappa shape index (κ3) is 4.33. The number of benzene rings is 1. The molecule has 0 saturated carbocycles. The summed E-state index contributed by atoms with van der Waals surface area (Å²) in [6.07, 6.45) is 1.29. The van der Waals surface area contributed by atoms with Crippen LogP contribution in [0.25, 0.3) is 0 Å². The highest BCUT2D eigenvalue weighted by Gasteiger charge is 2.29. The van der Waals surface area contributed by atoms with Crippen LogP contribution in [-0.4, -0.2) is 47.8 Å². The largest absolute Gasteiger partial charge is 0.369 e. The first-order valence-electron chi connectivity index (χ1n) is 8.19. The van der Waals surface area contributed by atoms with Crippen molar-refractivity contribution in [2.45, 2.75) is 32.4 Å². The number of hydrogen-bond donors (Lipinski definition) is 1. The van der Waals surface area contributed by atoms with E-state index < -0.39 is 0 Å². The molecule has 2 rings (SSSR count). The van der Waals surface area contributed by atoms with E-state index in [4.69, 9.17) is 11.0 Å².